The predicted octanol–water partition coefficient (Wildman–Crippen LogP) is 2.42. The third-order valence-corrected chi connectivity index (χ3v) is 5.16. The summed E-state index contributed by atoms with van der Waals surface area (Å²) in [6, 6.07) is 10.1. The molecule has 104 valence electrons. The van der Waals surface area contributed by atoms with Gasteiger partial charge in [-0.2, -0.15) is 5.10 Å². The van der Waals surface area contributed by atoms with Gasteiger partial charge in [0.2, 0.25) is 5.11 Å². The fourth-order valence-electron chi connectivity index (χ4n) is 2.07. The van der Waals surface area contributed by atoms with Crippen molar-refractivity contribution < 1.29 is 0 Å². The Labute approximate surface area is 127 Å². The van der Waals surface area contributed by atoms with Crippen LogP contribution >= 0.6 is 24.0 Å². The molecule has 0 aliphatic carbocycles. The first kappa shape index (κ1) is 13.4. The van der Waals surface area contributed by atoms with Crippen LogP contribution in [0.25, 0.3) is 0 Å². The van der Waals surface area contributed by atoms with Gasteiger partial charge in [0.05, 0.1) is 5.71 Å². The van der Waals surface area contributed by atoms with Gasteiger partial charge < -0.3 is 4.90 Å². The van der Waals surface area contributed by atoms with Crippen LogP contribution in [0.4, 0.5) is 5.69 Å². The molecular formula is C13H15N5S2. The Morgan fingerprint density at radius 1 is 1.35 bits per heavy atom. The smallest absolute Gasteiger partial charge is 0.212 e. The minimum atomic E-state index is -0.347. The zero-order chi connectivity index (χ0) is 14.3. The van der Waals surface area contributed by atoms with Crippen LogP contribution in [-0.2, 0) is 0 Å². The van der Waals surface area contributed by atoms with Crippen molar-refractivity contribution in [1.29, 1.82) is 0 Å². The van der Waals surface area contributed by atoms with Gasteiger partial charge in [-0.3, -0.25) is 5.43 Å². The summed E-state index contributed by atoms with van der Waals surface area (Å²) >= 11 is 6.95. The number of hydrogen-bond acceptors (Lipinski definition) is 5. The molecule has 0 saturated heterocycles. The summed E-state index contributed by atoms with van der Waals surface area (Å²) < 4.78 is 0. The SMILES string of the molecule is CC1=NNC(=S)N2N=C(N(C)c3ccccc3)SC12C. The van der Waals surface area contributed by atoms with E-state index in [4.69, 9.17) is 12.2 Å². The number of para-hydroxylation sites is 1. The summed E-state index contributed by atoms with van der Waals surface area (Å²) in [7, 11) is 2.01. The lowest BCUT2D eigenvalue weighted by Gasteiger charge is -2.35. The van der Waals surface area contributed by atoms with E-state index in [0.717, 1.165) is 16.6 Å². The second-order valence-corrected chi connectivity index (χ2v) is 6.54. The van der Waals surface area contributed by atoms with Crippen LogP contribution in [0.1, 0.15) is 13.8 Å². The number of nitrogens with one attached hydrogen (secondary N) is 1. The maximum atomic E-state index is 5.29. The van der Waals surface area contributed by atoms with Gasteiger partial charge in [-0.1, -0.05) is 18.2 Å². The fraction of sp³-hybridized carbons (Fsp3) is 0.308. The van der Waals surface area contributed by atoms with Crippen molar-refractivity contribution in [3.8, 4) is 0 Å². The molecular weight excluding hydrogens is 290 g/mol. The summed E-state index contributed by atoms with van der Waals surface area (Å²) in [4.78, 5) is 1.71. The van der Waals surface area contributed by atoms with Crippen LogP contribution in [-0.4, -0.2) is 32.9 Å². The Hall–Kier alpha value is -1.60. The monoisotopic (exact) mass is 305 g/mol. The van der Waals surface area contributed by atoms with E-state index in [-0.39, 0.29) is 4.87 Å². The molecule has 2 heterocycles. The summed E-state index contributed by atoms with van der Waals surface area (Å²) in [5.41, 5.74) is 4.88. The molecule has 0 fully saturated rings. The van der Waals surface area contributed by atoms with Crippen LogP contribution in [0, 0.1) is 0 Å². The lowest BCUT2D eigenvalue weighted by molar-refractivity contribution is 0.375. The summed E-state index contributed by atoms with van der Waals surface area (Å²) in [6.07, 6.45) is 0. The van der Waals surface area contributed by atoms with Crippen LogP contribution in [0.5, 0.6) is 0 Å². The number of thioether (sulfide) groups is 1. The number of fused-ring (bicyclic) bond motifs is 1. The highest BCUT2D eigenvalue weighted by molar-refractivity contribution is 8.16. The minimum Gasteiger partial charge on any atom is -0.323 e. The van der Waals surface area contributed by atoms with Gasteiger partial charge in [-0.05, 0) is 50.0 Å². The zero-order valence-corrected chi connectivity index (χ0v) is 13.1. The van der Waals surface area contributed by atoms with Crippen LogP contribution < -0.4 is 10.3 Å². The molecule has 20 heavy (non-hydrogen) atoms. The molecule has 7 heteroatoms. The van der Waals surface area contributed by atoms with Crippen molar-refractivity contribution in [2.45, 2.75) is 18.7 Å². The number of rotatable bonds is 1. The third kappa shape index (κ3) is 1.97. The Bertz CT molecular complexity index is 612. The van der Waals surface area contributed by atoms with Crippen molar-refractivity contribution in [2.75, 3.05) is 11.9 Å². The average molecular weight is 305 g/mol. The van der Waals surface area contributed by atoms with Gasteiger partial charge in [0.15, 0.2) is 10.0 Å². The second-order valence-electron chi connectivity index (χ2n) is 4.79. The van der Waals surface area contributed by atoms with Gasteiger partial charge in [0, 0.05) is 12.7 Å². The van der Waals surface area contributed by atoms with E-state index < -0.39 is 0 Å². The molecule has 3 rings (SSSR count). The molecule has 0 saturated carbocycles. The van der Waals surface area contributed by atoms with Crippen molar-refractivity contribution >= 4 is 45.7 Å². The molecule has 0 radical (unpaired) electrons. The van der Waals surface area contributed by atoms with E-state index in [0.29, 0.717) is 5.11 Å². The van der Waals surface area contributed by atoms with Crippen molar-refractivity contribution in [3.05, 3.63) is 30.3 Å². The number of anilines is 1. The molecule has 1 N–H and O–H groups in total. The Morgan fingerprint density at radius 3 is 2.70 bits per heavy atom. The molecule has 0 spiro atoms. The van der Waals surface area contributed by atoms with Crippen LogP contribution in [0.2, 0.25) is 0 Å². The molecule has 5 nitrogen and oxygen atoms in total. The zero-order valence-electron chi connectivity index (χ0n) is 11.5. The van der Waals surface area contributed by atoms with Crippen molar-refractivity contribution in [2.24, 2.45) is 10.2 Å². The van der Waals surface area contributed by atoms with Crippen molar-refractivity contribution in [3.63, 3.8) is 0 Å². The highest BCUT2D eigenvalue weighted by Crippen LogP contribution is 2.41. The van der Waals surface area contributed by atoms with Gasteiger partial charge in [-0.25, -0.2) is 5.01 Å². The Balaban J connectivity index is 1.93. The topological polar surface area (TPSA) is 43.2 Å². The number of amidine groups is 1. The number of nitrogens with zero attached hydrogens (tertiary/aromatic N) is 4. The van der Waals surface area contributed by atoms with Gasteiger partial charge >= 0.3 is 0 Å². The molecule has 0 bridgehead atoms. The largest absolute Gasteiger partial charge is 0.323 e. The highest BCUT2D eigenvalue weighted by Gasteiger charge is 2.47. The predicted molar refractivity (Wildman–Crippen MR) is 89.0 cm³/mol. The maximum absolute atomic E-state index is 5.29. The van der Waals surface area contributed by atoms with Crippen LogP contribution in [0.3, 0.4) is 0 Å². The van der Waals surface area contributed by atoms with Crippen LogP contribution in [0.15, 0.2) is 40.5 Å². The number of benzene rings is 1. The molecule has 0 aromatic heterocycles. The van der Waals surface area contributed by atoms with E-state index in [9.17, 15) is 0 Å². The lowest BCUT2D eigenvalue weighted by Crippen LogP contribution is -2.53. The van der Waals surface area contributed by atoms with Gasteiger partial charge in [-0.15, -0.1) is 5.10 Å². The summed E-state index contributed by atoms with van der Waals surface area (Å²) in [6.45, 7) is 4.06. The molecule has 0 amide bonds. The minimum absolute atomic E-state index is 0.347. The first-order valence-corrected chi connectivity index (χ1v) is 7.46. The number of hydrogen-bond donors (Lipinski definition) is 1. The molecule has 2 aliphatic heterocycles. The van der Waals surface area contributed by atoms with E-state index in [2.05, 4.69) is 39.6 Å². The summed E-state index contributed by atoms with van der Waals surface area (Å²) in [5.74, 6) is 0. The van der Waals surface area contributed by atoms with Gasteiger partial charge in [0.1, 0.15) is 0 Å². The average Bonchev–Trinajstić information content (AvgIpc) is 2.83. The molecule has 2 aliphatic rings. The van der Waals surface area contributed by atoms with E-state index >= 15 is 0 Å². The Morgan fingerprint density at radius 2 is 2.05 bits per heavy atom. The standard InChI is InChI=1S/C13H15N5S2/c1-9-13(2)18(11(19)15-14-9)16-12(20-13)17(3)10-7-5-4-6-8-10/h4-8H,1-3H3,(H,15,19). The molecule has 1 aromatic carbocycles. The molecule has 1 aromatic rings. The van der Waals surface area contributed by atoms with Crippen molar-refractivity contribution in [1.82, 2.24) is 10.4 Å². The number of hydrazone groups is 2. The third-order valence-electron chi connectivity index (χ3n) is 3.49. The summed E-state index contributed by atoms with van der Waals surface area (Å²) in [5, 5.41) is 12.2. The maximum Gasteiger partial charge on any atom is 0.212 e. The highest BCUT2D eigenvalue weighted by atomic mass is 32.2. The van der Waals surface area contributed by atoms with E-state index in [1.54, 1.807) is 11.8 Å². The van der Waals surface area contributed by atoms with E-state index in [1.165, 1.54) is 0 Å². The van der Waals surface area contributed by atoms with Gasteiger partial charge in [0.25, 0.3) is 0 Å². The normalized spacial score (nSPS) is 24.8. The van der Waals surface area contributed by atoms with E-state index in [1.807, 2.05) is 37.2 Å². The lowest BCUT2D eigenvalue weighted by atomic mass is 10.2. The first-order chi connectivity index (χ1) is 9.52. The first-order valence-electron chi connectivity index (χ1n) is 6.24. The number of thiocarbonyl (C=S) groups is 1. The quantitative estimate of drug-likeness (QED) is 0.807. The molecule has 1 unspecified atom stereocenters. The fourth-order valence-corrected chi connectivity index (χ4v) is 3.53. The second kappa shape index (κ2) is 4.75. The Kier molecular flexibility index (Phi) is 3.18. The molecule has 1 atom stereocenters.